The zero-order valence-corrected chi connectivity index (χ0v) is 15.7. The van der Waals surface area contributed by atoms with Crippen LogP contribution >= 0.6 is 11.3 Å². The molecule has 2 aromatic rings. The van der Waals surface area contributed by atoms with Crippen molar-refractivity contribution < 1.29 is 9.59 Å². The molecule has 0 spiro atoms. The Labute approximate surface area is 152 Å². The minimum Gasteiger partial charge on any atom is -0.336 e. The highest BCUT2D eigenvalue weighted by atomic mass is 32.1. The highest BCUT2D eigenvalue weighted by molar-refractivity contribution is 7.07. The van der Waals surface area contributed by atoms with Crippen LogP contribution in [0.1, 0.15) is 24.1 Å². The molecule has 0 bridgehead atoms. The predicted octanol–water partition coefficient (Wildman–Crippen LogP) is 3.44. The zero-order valence-electron chi connectivity index (χ0n) is 14.9. The van der Waals surface area contributed by atoms with Gasteiger partial charge in [-0.05, 0) is 61.1 Å². The molecule has 0 fully saturated rings. The van der Waals surface area contributed by atoms with Gasteiger partial charge in [0, 0.05) is 24.8 Å². The number of rotatable bonds is 6. The lowest BCUT2D eigenvalue weighted by atomic mass is 10.1. The van der Waals surface area contributed by atoms with E-state index in [1.165, 1.54) is 12.5 Å². The van der Waals surface area contributed by atoms with E-state index in [0.717, 1.165) is 5.56 Å². The SMILES string of the molecule is CC(=O)Nc1ccc(C)c(NC(=O)NC[C@H](c2ccsc2)N(C)C)c1. The molecule has 6 nitrogen and oxygen atoms in total. The van der Waals surface area contributed by atoms with Crippen LogP contribution in [0.4, 0.5) is 16.2 Å². The molecule has 2 rings (SSSR count). The molecule has 1 atom stereocenters. The number of nitrogens with one attached hydrogen (secondary N) is 3. The largest absolute Gasteiger partial charge is 0.336 e. The van der Waals surface area contributed by atoms with Crippen LogP contribution in [0, 0.1) is 6.92 Å². The minimum atomic E-state index is -0.273. The lowest BCUT2D eigenvalue weighted by molar-refractivity contribution is -0.114. The summed E-state index contributed by atoms with van der Waals surface area (Å²) in [6, 6.07) is 7.32. The first-order valence-electron chi connectivity index (χ1n) is 7.98. The van der Waals surface area contributed by atoms with Gasteiger partial charge in [0.1, 0.15) is 0 Å². The molecule has 7 heteroatoms. The third-order valence-electron chi connectivity index (χ3n) is 3.81. The Morgan fingerprint density at radius 3 is 2.56 bits per heavy atom. The zero-order chi connectivity index (χ0) is 18.4. The van der Waals surface area contributed by atoms with E-state index in [0.29, 0.717) is 17.9 Å². The summed E-state index contributed by atoms with van der Waals surface area (Å²) in [7, 11) is 3.98. The summed E-state index contributed by atoms with van der Waals surface area (Å²) >= 11 is 1.64. The number of carbonyl (C=O) groups is 2. The molecule has 1 heterocycles. The maximum atomic E-state index is 12.3. The molecule has 1 aromatic heterocycles. The van der Waals surface area contributed by atoms with Crippen LogP contribution in [0.5, 0.6) is 0 Å². The topological polar surface area (TPSA) is 73.5 Å². The summed E-state index contributed by atoms with van der Waals surface area (Å²) in [5, 5.41) is 12.6. The number of thiophene rings is 1. The summed E-state index contributed by atoms with van der Waals surface area (Å²) in [6.07, 6.45) is 0. The van der Waals surface area contributed by atoms with Gasteiger partial charge >= 0.3 is 6.03 Å². The van der Waals surface area contributed by atoms with E-state index in [2.05, 4.69) is 32.3 Å². The number of amides is 3. The van der Waals surface area contributed by atoms with Crippen LogP contribution in [0.15, 0.2) is 35.0 Å². The molecule has 3 amide bonds. The smallest absolute Gasteiger partial charge is 0.319 e. The Morgan fingerprint density at radius 2 is 1.96 bits per heavy atom. The van der Waals surface area contributed by atoms with Crippen LogP contribution in [0.3, 0.4) is 0 Å². The average Bonchev–Trinajstić information content (AvgIpc) is 3.04. The number of nitrogens with zero attached hydrogens (tertiary/aromatic N) is 1. The number of benzene rings is 1. The summed E-state index contributed by atoms with van der Waals surface area (Å²) in [5.41, 5.74) is 3.42. The van der Waals surface area contributed by atoms with E-state index < -0.39 is 0 Å². The fraction of sp³-hybridized carbons (Fsp3) is 0.333. The van der Waals surface area contributed by atoms with Gasteiger partial charge in [-0.1, -0.05) is 6.07 Å². The maximum absolute atomic E-state index is 12.3. The Balaban J connectivity index is 1.99. The minimum absolute atomic E-state index is 0.115. The highest BCUT2D eigenvalue weighted by Gasteiger charge is 2.16. The van der Waals surface area contributed by atoms with Gasteiger partial charge in [0.05, 0.1) is 6.04 Å². The van der Waals surface area contributed by atoms with Crippen molar-refractivity contribution in [1.29, 1.82) is 0 Å². The summed E-state index contributed by atoms with van der Waals surface area (Å²) in [4.78, 5) is 25.5. The Morgan fingerprint density at radius 1 is 1.20 bits per heavy atom. The van der Waals surface area contributed by atoms with Crippen molar-refractivity contribution in [2.45, 2.75) is 19.9 Å². The third kappa shape index (κ3) is 5.58. The first-order valence-corrected chi connectivity index (χ1v) is 8.92. The molecule has 0 aliphatic rings. The molecule has 0 unspecified atom stereocenters. The van der Waals surface area contributed by atoms with Crippen molar-refractivity contribution in [2.75, 3.05) is 31.3 Å². The fourth-order valence-electron chi connectivity index (χ4n) is 2.46. The number of hydrogen-bond acceptors (Lipinski definition) is 4. The standard InChI is InChI=1S/C18H24N4O2S/c1-12-5-6-15(20-13(2)23)9-16(12)21-18(24)19-10-17(22(3)4)14-7-8-25-11-14/h5-9,11,17H,10H2,1-4H3,(H,20,23)(H2,19,21,24)/t17-/m1/s1. The number of likely N-dealkylation sites (N-methyl/N-ethyl adjacent to an activating group) is 1. The number of aryl methyl sites for hydroxylation is 1. The molecular formula is C18H24N4O2S. The van der Waals surface area contributed by atoms with E-state index >= 15 is 0 Å². The molecule has 134 valence electrons. The first-order chi connectivity index (χ1) is 11.9. The molecular weight excluding hydrogens is 336 g/mol. The molecule has 1 aromatic carbocycles. The van der Waals surface area contributed by atoms with Crippen LogP contribution < -0.4 is 16.0 Å². The molecule has 0 saturated carbocycles. The monoisotopic (exact) mass is 360 g/mol. The molecule has 0 aliphatic carbocycles. The van der Waals surface area contributed by atoms with Crippen molar-refractivity contribution in [3.8, 4) is 0 Å². The Kier molecular flexibility index (Phi) is 6.55. The van der Waals surface area contributed by atoms with E-state index in [1.807, 2.05) is 32.5 Å². The lowest BCUT2D eigenvalue weighted by Crippen LogP contribution is -2.36. The van der Waals surface area contributed by atoms with E-state index in [1.54, 1.807) is 23.5 Å². The molecule has 0 radical (unpaired) electrons. The van der Waals surface area contributed by atoms with Gasteiger partial charge in [-0.25, -0.2) is 4.79 Å². The van der Waals surface area contributed by atoms with Crippen molar-refractivity contribution in [3.63, 3.8) is 0 Å². The van der Waals surface area contributed by atoms with Crippen molar-refractivity contribution in [2.24, 2.45) is 0 Å². The quantitative estimate of drug-likeness (QED) is 0.739. The van der Waals surface area contributed by atoms with Gasteiger partial charge in [0.2, 0.25) is 5.91 Å². The Bertz CT molecular complexity index is 729. The number of anilines is 2. The van der Waals surface area contributed by atoms with Crippen molar-refractivity contribution in [3.05, 3.63) is 46.2 Å². The first kappa shape index (κ1) is 19.0. The van der Waals surface area contributed by atoms with Gasteiger partial charge in [0.25, 0.3) is 0 Å². The number of carbonyl (C=O) groups excluding carboxylic acids is 2. The van der Waals surface area contributed by atoms with Gasteiger partial charge < -0.3 is 20.9 Å². The predicted molar refractivity (Wildman–Crippen MR) is 103 cm³/mol. The van der Waals surface area contributed by atoms with Crippen LogP contribution in [0.25, 0.3) is 0 Å². The highest BCUT2D eigenvalue weighted by Crippen LogP contribution is 2.21. The third-order valence-corrected chi connectivity index (χ3v) is 4.51. The Hall–Kier alpha value is -2.38. The fourth-order valence-corrected chi connectivity index (χ4v) is 3.16. The maximum Gasteiger partial charge on any atom is 0.319 e. The average molecular weight is 360 g/mol. The van der Waals surface area contributed by atoms with Crippen molar-refractivity contribution >= 4 is 34.6 Å². The van der Waals surface area contributed by atoms with Crippen LogP contribution in [0.2, 0.25) is 0 Å². The number of urea groups is 1. The molecule has 25 heavy (non-hydrogen) atoms. The normalized spacial score (nSPS) is 11.9. The van der Waals surface area contributed by atoms with Gasteiger partial charge in [-0.3, -0.25) is 4.79 Å². The summed E-state index contributed by atoms with van der Waals surface area (Å²) in [5.74, 6) is -0.149. The van der Waals surface area contributed by atoms with Crippen molar-refractivity contribution in [1.82, 2.24) is 10.2 Å². The van der Waals surface area contributed by atoms with Gasteiger partial charge in [-0.15, -0.1) is 0 Å². The van der Waals surface area contributed by atoms with Crippen LogP contribution in [-0.4, -0.2) is 37.5 Å². The van der Waals surface area contributed by atoms with E-state index in [4.69, 9.17) is 0 Å². The van der Waals surface area contributed by atoms with Crippen LogP contribution in [-0.2, 0) is 4.79 Å². The second-order valence-electron chi connectivity index (χ2n) is 6.08. The van der Waals surface area contributed by atoms with Gasteiger partial charge in [-0.2, -0.15) is 11.3 Å². The van der Waals surface area contributed by atoms with E-state index in [9.17, 15) is 9.59 Å². The second-order valence-corrected chi connectivity index (χ2v) is 6.86. The number of hydrogen-bond donors (Lipinski definition) is 3. The second kappa shape index (κ2) is 8.64. The van der Waals surface area contributed by atoms with Gasteiger partial charge in [0.15, 0.2) is 0 Å². The van der Waals surface area contributed by atoms with E-state index in [-0.39, 0.29) is 18.0 Å². The molecule has 0 aliphatic heterocycles. The molecule has 3 N–H and O–H groups in total. The summed E-state index contributed by atoms with van der Waals surface area (Å²) < 4.78 is 0. The molecule has 0 saturated heterocycles. The summed E-state index contributed by atoms with van der Waals surface area (Å²) in [6.45, 7) is 3.85. The lowest BCUT2D eigenvalue weighted by Gasteiger charge is -2.24.